The van der Waals surface area contributed by atoms with Crippen molar-refractivity contribution in [1.29, 1.82) is 0 Å². The van der Waals surface area contributed by atoms with Crippen LogP contribution in [0.25, 0.3) is 0 Å². The van der Waals surface area contributed by atoms with E-state index >= 15 is 0 Å². The molecule has 1 atom stereocenters. The standard InChI is InChI=1S/C22H25N3O2S/c1-4-17-8-10-18(11-9-17)13-25-21(27)15(2)16(3)22(25)28-14-20(26)24-19-7-5-6-12-23-19/h5-12,22H,4,13-14H2,1-3H3,(H,23,24,26). The lowest BCUT2D eigenvalue weighted by atomic mass is 10.1. The molecule has 1 aliphatic heterocycles. The van der Waals surface area contributed by atoms with E-state index in [9.17, 15) is 9.59 Å². The number of carbonyl (C=O) groups is 2. The Morgan fingerprint density at radius 1 is 1.14 bits per heavy atom. The van der Waals surface area contributed by atoms with E-state index in [0.29, 0.717) is 12.4 Å². The maximum Gasteiger partial charge on any atom is 0.251 e. The minimum Gasteiger partial charge on any atom is -0.319 e. The second-order valence-corrected chi connectivity index (χ2v) is 7.91. The zero-order chi connectivity index (χ0) is 20.1. The first-order valence-corrected chi connectivity index (χ1v) is 10.4. The van der Waals surface area contributed by atoms with E-state index in [1.165, 1.54) is 17.3 Å². The van der Waals surface area contributed by atoms with Gasteiger partial charge in [-0.15, -0.1) is 11.8 Å². The number of rotatable bonds is 7. The van der Waals surface area contributed by atoms with Crippen LogP contribution in [0.5, 0.6) is 0 Å². The van der Waals surface area contributed by atoms with Crippen molar-refractivity contribution >= 4 is 29.4 Å². The van der Waals surface area contributed by atoms with Gasteiger partial charge in [0, 0.05) is 18.3 Å². The van der Waals surface area contributed by atoms with E-state index in [2.05, 4.69) is 41.5 Å². The number of carbonyl (C=O) groups excluding carboxylic acids is 2. The highest BCUT2D eigenvalue weighted by molar-refractivity contribution is 8.00. The number of anilines is 1. The fourth-order valence-electron chi connectivity index (χ4n) is 3.13. The summed E-state index contributed by atoms with van der Waals surface area (Å²) in [5, 5.41) is 2.66. The van der Waals surface area contributed by atoms with Crippen molar-refractivity contribution in [3.05, 3.63) is 70.9 Å². The fraction of sp³-hybridized carbons (Fsp3) is 0.318. The second-order valence-electron chi connectivity index (χ2n) is 6.84. The smallest absolute Gasteiger partial charge is 0.251 e. The summed E-state index contributed by atoms with van der Waals surface area (Å²) >= 11 is 1.47. The Balaban J connectivity index is 1.65. The molecule has 146 valence electrons. The van der Waals surface area contributed by atoms with Crippen LogP contribution in [0.15, 0.2) is 59.8 Å². The predicted octanol–water partition coefficient (Wildman–Crippen LogP) is 4.02. The van der Waals surface area contributed by atoms with Gasteiger partial charge in [-0.25, -0.2) is 4.98 Å². The van der Waals surface area contributed by atoms with E-state index < -0.39 is 0 Å². The number of nitrogens with one attached hydrogen (secondary N) is 1. The summed E-state index contributed by atoms with van der Waals surface area (Å²) < 4.78 is 0. The van der Waals surface area contributed by atoms with Crippen molar-refractivity contribution in [3.63, 3.8) is 0 Å². The topological polar surface area (TPSA) is 62.3 Å². The molecular formula is C22H25N3O2S. The van der Waals surface area contributed by atoms with Gasteiger partial charge >= 0.3 is 0 Å². The average molecular weight is 396 g/mol. The molecule has 2 aromatic rings. The van der Waals surface area contributed by atoms with Gasteiger partial charge in [-0.2, -0.15) is 0 Å². The van der Waals surface area contributed by atoms with Gasteiger partial charge in [0.2, 0.25) is 5.91 Å². The molecule has 0 bridgehead atoms. The Bertz CT molecular complexity index is 878. The molecule has 0 aliphatic carbocycles. The summed E-state index contributed by atoms with van der Waals surface area (Å²) in [5.41, 5.74) is 4.16. The van der Waals surface area contributed by atoms with Gasteiger partial charge in [0.05, 0.1) is 5.75 Å². The zero-order valence-corrected chi connectivity index (χ0v) is 17.3. The first-order valence-electron chi connectivity index (χ1n) is 9.38. The SMILES string of the molecule is CCc1ccc(CN2C(=O)C(C)=C(C)C2SCC(=O)Nc2ccccn2)cc1. The van der Waals surface area contributed by atoms with E-state index in [4.69, 9.17) is 0 Å². The number of amides is 2. The van der Waals surface area contributed by atoms with Crippen LogP contribution >= 0.6 is 11.8 Å². The summed E-state index contributed by atoms with van der Waals surface area (Å²) in [6.45, 7) is 6.50. The van der Waals surface area contributed by atoms with E-state index in [-0.39, 0.29) is 22.9 Å². The average Bonchev–Trinajstić information content (AvgIpc) is 2.91. The van der Waals surface area contributed by atoms with Gasteiger partial charge in [0.15, 0.2) is 0 Å². The largest absolute Gasteiger partial charge is 0.319 e. The van der Waals surface area contributed by atoms with Crippen LogP contribution in [-0.2, 0) is 22.6 Å². The van der Waals surface area contributed by atoms with Gasteiger partial charge in [-0.05, 0) is 49.1 Å². The quantitative estimate of drug-likeness (QED) is 0.769. The fourth-order valence-corrected chi connectivity index (χ4v) is 4.28. The molecule has 0 fully saturated rings. The number of aryl methyl sites for hydroxylation is 1. The Labute approximate surface area is 170 Å². The Kier molecular flexibility index (Phi) is 6.52. The lowest BCUT2D eigenvalue weighted by molar-refractivity contribution is -0.126. The zero-order valence-electron chi connectivity index (χ0n) is 16.4. The third kappa shape index (κ3) is 4.62. The summed E-state index contributed by atoms with van der Waals surface area (Å²) in [7, 11) is 0. The van der Waals surface area contributed by atoms with Gasteiger partial charge in [0.1, 0.15) is 11.2 Å². The molecule has 0 spiro atoms. The van der Waals surface area contributed by atoms with Crippen LogP contribution in [0.4, 0.5) is 5.82 Å². The van der Waals surface area contributed by atoms with Crippen LogP contribution in [-0.4, -0.2) is 32.8 Å². The van der Waals surface area contributed by atoms with Crippen LogP contribution in [0.2, 0.25) is 0 Å². The minimum absolute atomic E-state index is 0.0414. The van der Waals surface area contributed by atoms with Crippen molar-refractivity contribution in [2.24, 2.45) is 0 Å². The third-order valence-electron chi connectivity index (χ3n) is 4.92. The van der Waals surface area contributed by atoms with Crippen LogP contribution in [0.3, 0.4) is 0 Å². The van der Waals surface area contributed by atoms with Crippen molar-refractivity contribution in [3.8, 4) is 0 Å². The predicted molar refractivity (Wildman–Crippen MR) is 114 cm³/mol. The number of benzene rings is 1. The molecule has 28 heavy (non-hydrogen) atoms. The first kappa shape index (κ1) is 20.1. The minimum atomic E-state index is -0.132. The van der Waals surface area contributed by atoms with Crippen molar-refractivity contribution in [1.82, 2.24) is 9.88 Å². The molecule has 2 amide bonds. The molecule has 2 heterocycles. The third-order valence-corrected chi connectivity index (χ3v) is 6.27. The molecule has 3 rings (SSSR count). The summed E-state index contributed by atoms with van der Waals surface area (Å²) in [5.74, 6) is 0.706. The number of thioether (sulfide) groups is 1. The number of aromatic nitrogens is 1. The molecule has 6 heteroatoms. The monoisotopic (exact) mass is 395 g/mol. The Morgan fingerprint density at radius 3 is 2.50 bits per heavy atom. The summed E-state index contributed by atoms with van der Waals surface area (Å²) in [4.78, 5) is 31.0. The first-order chi connectivity index (χ1) is 13.5. The Hall–Kier alpha value is -2.60. The lowest BCUT2D eigenvalue weighted by Gasteiger charge is -2.26. The van der Waals surface area contributed by atoms with Crippen LogP contribution in [0, 0.1) is 0 Å². The van der Waals surface area contributed by atoms with Crippen molar-refractivity contribution in [2.75, 3.05) is 11.1 Å². The molecule has 0 saturated carbocycles. The maximum absolute atomic E-state index is 12.7. The highest BCUT2D eigenvalue weighted by Crippen LogP contribution is 2.34. The van der Waals surface area contributed by atoms with Crippen molar-refractivity contribution < 1.29 is 9.59 Å². The van der Waals surface area contributed by atoms with Crippen LogP contribution in [0.1, 0.15) is 31.9 Å². The van der Waals surface area contributed by atoms with E-state index in [0.717, 1.165) is 23.1 Å². The number of hydrogen-bond acceptors (Lipinski definition) is 4. The summed E-state index contributed by atoms with van der Waals surface area (Å²) in [6, 6.07) is 13.7. The second kappa shape index (κ2) is 9.06. The molecule has 1 aromatic heterocycles. The molecule has 0 saturated heterocycles. The maximum atomic E-state index is 12.7. The normalized spacial score (nSPS) is 16.6. The van der Waals surface area contributed by atoms with E-state index in [1.54, 1.807) is 18.3 Å². The highest BCUT2D eigenvalue weighted by atomic mass is 32.2. The van der Waals surface area contributed by atoms with Gasteiger partial charge in [-0.1, -0.05) is 37.3 Å². The highest BCUT2D eigenvalue weighted by Gasteiger charge is 2.35. The Morgan fingerprint density at radius 2 is 1.86 bits per heavy atom. The van der Waals surface area contributed by atoms with Gasteiger partial charge in [-0.3, -0.25) is 9.59 Å². The summed E-state index contributed by atoms with van der Waals surface area (Å²) in [6.07, 6.45) is 2.63. The number of nitrogens with zero attached hydrogens (tertiary/aromatic N) is 2. The van der Waals surface area contributed by atoms with Crippen LogP contribution < -0.4 is 5.32 Å². The number of pyridine rings is 1. The van der Waals surface area contributed by atoms with E-state index in [1.807, 2.05) is 24.8 Å². The molecule has 1 N–H and O–H groups in total. The van der Waals surface area contributed by atoms with Crippen molar-refractivity contribution in [2.45, 2.75) is 39.1 Å². The molecular weight excluding hydrogens is 370 g/mol. The van der Waals surface area contributed by atoms with Gasteiger partial charge in [0.25, 0.3) is 5.91 Å². The lowest BCUT2D eigenvalue weighted by Crippen LogP contribution is -2.34. The molecule has 1 aromatic carbocycles. The van der Waals surface area contributed by atoms with Gasteiger partial charge < -0.3 is 10.2 Å². The molecule has 1 aliphatic rings. The number of hydrogen-bond donors (Lipinski definition) is 1. The molecule has 1 unspecified atom stereocenters. The molecule has 0 radical (unpaired) electrons. The molecule has 5 nitrogen and oxygen atoms in total.